The first kappa shape index (κ1) is 18.0. The second kappa shape index (κ2) is 6.07. The number of hydrogen-bond donors (Lipinski definition) is 1. The topological polar surface area (TPSA) is 70.0 Å². The lowest BCUT2D eigenvalue weighted by molar-refractivity contribution is -0.0603. The van der Waals surface area contributed by atoms with Gasteiger partial charge in [0.25, 0.3) is 0 Å². The molecule has 4 fully saturated rings. The largest absolute Gasteiger partial charge is 0.242 e. The molecule has 0 heterocycles. The van der Waals surface area contributed by atoms with Crippen LogP contribution in [0.2, 0.25) is 0 Å². The molecule has 4 aliphatic carbocycles. The van der Waals surface area contributed by atoms with E-state index in [0.717, 1.165) is 36.0 Å². The van der Waals surface area contributed by atoms with Gasteiger partial charge in [0.2, 0.25) is 10.0 Å². The van der Waals surface area contributed by atoms with Crippen molar-refractivity contribution in [2.45, 2.75) is 70.2 Å². The normalized spacial score (nSPS) is 33.8. The highest BCUT2D eigenvalue weighted by atomic mass is 32.2. The van der Waals surface area contributed by atoms with E-state index in [1.54, 1.807) is 0 Å². The number of nitrogens with zero attached hydrogens (tertiary/aromatic N) is 1. The third-order valence-electron chi connectivity index (χ3n) is 6.97. The molecule has 140 valence electrons. The predicted octanol–water partition coefficient (Wildman–Crippen LogP) is 4.00. The van der Waals surface area contributed by atoms with Crippen LogP contribution in [0.4, 0.5) is 0 Å². The van der Waals surface area contributed by atoms with Gasteiger partial charge in [0.05, 0.1) is 11.0 Å². The molecule has 1 atom stereocenters. The number of nitriles is 1. The van der Waals surface area contributed by atoms with Crippen LogP contribution >= 0.6 is 0 Å². The van der Waals surface area contributed by atoms with Crippen molar-refractivity contribution in [3.63, 3.8) is 0 Å². The molecule has 0 aromatic heterocycles. The summed E-state index contributed by atoms with van der Waals surface area (Å²) < 4.78 is 29.2. The fourth-order valence-electron chi connectivity index (χ4n) is 6.62. The monoisotopic (exact) mass is 372 g/mol. The van der Waals surface area contributed by atoms with Gasteiger partial charge < -0.3 is 0 Å². The average molecular weight is 373 g/mol. The minimum atomic E-state index is -3.72. The van der Waals surface area contributed by atoms with Crippen molar-refractivity contribution >= 4 is 10.0 Å². The van der Waals surface area contributed by atoms with Gasteiger partial charge >= 0.3 is 0 Å². The molecule has 5 heteroatoms. The van der Waals surface area contributed by atoms with E-state index in [-0.39, 0.29) is 5.41 Å². The Labute approximate surface area is 157 Å². The van der Waals surface area contributed by atoms with Crippen LogP contribution in [0, 0.1) is 55.3 Å². The van der Waals surface area contributed by atoms with Gasteiger partial charge in [-0.05, 0) is 88.2 Å². The van der Waals surface area contributed by atoms with E-state index in [2.05, 4.69) is 10.8 Å². The van der Waals surface area contributed by atoms with Crippen LogP contribution < -0.4 is 4.72 Å². The van der Waals surface area contributed by atoms with Crippen molar-refractivity contribution in [2.24, 2.45) is 23.2 Å². The maximum Gasteiger partial charge on any atom is 0.242 e. The zero-order valence-electron chi connectivity index (χ0n) is 15.9. The molecule has 0 aliphatic heterocycles. The number of nitrogens with one attached hydrogen (secondary N) is 1. The zero-order chi connectivity index (χ0) is 18.7. The van der Waals surface area contributed by atoms with E-state index < -0.39 is 16.1 Å². The molecule has 4 bridgehead atoms. The van der Waals surface area contributed by atoms with E-state index in [9.17, 15) is 13.7 Å². The van der Waals surface area contributed by atoms with Crippen LogP contribution in [0.5, 0.6) is 0 Å². The maximum absolute atomic E-state index is 13.2. The fourth-order valence-corrected chi connectivity index (χ4v) is 8.32. The molecule has 4 nitrogen and oxygen atoms in total. The van der Waals surface area contributed by atoms with Gasteiger partial charge in [-0.2, -0.15) is 9.98 Å². The first-order valence-corrected chi connectivity index (χ1v) is 11.2. The maximum atomic E-state index is 13.2. The third-order valence-corrected chi connectivity index (χ3v) is 8.70. The lowest BCUT2D eigenvalue weighted by Gasteiger charge is -2.58. The minimum Gasteiger partial charge on any atom is -0.207 e. The van der Waals surface area contributed by atoms with Gasteiger partial charge in [-0.25, -0.2) is 8.42 Å². The predicted molar refractivity (Wildman–Crippen MR) is 101 cm³/mol. The molecular weight excluding hydrogens is 344 g/mol. The van der Waals surface area contributed by atoms with E-state index in [1.807, 2.05) is 32.9 Å². The van der Waals surface area contributed by atoms with Crippen molar-refractivity contribution in [2.75, 3.05) is 0 Å². The zero-order valence-corrected chi connectivity index (χ0v) is 16.7. The summed E-state index contributed by atoms with van der Waals surface area (Å²) in [5, 5.41) is 9.90. The van der Waals surface area contributed by atoms with Crippen molar-refractivity contribution in [3.05, 3.63) is 28.8 Å². The molecular formula is C21H28N2O2S. The number of sulfonamides is 1. The smallest absolute Gasteiger partial charge is 0.207 e. The number of aryl methyl sites for hydroxylation is 3. The molecule has 26 heavy (non-hydrogen) atoms. The molecule has 1 aromatic carbocycles. The van der Waals surface area contributed by atoms with Gasteiger partial charge in [0.15, 0.2) is 0 Å². The summed E-state index contributed by atoms with van der Waals surface area (Å²) in [7, 11) is -3.72. The Balaban J connectivity index is 1.66. The molecule has 0 amide bonds. The average Bonchev–Trinajstić information content (AvgIpc) is 2.49. The highest BCUT2D eigenvalue weighted by Gasteiger charge is 2.55. The summed E-state index contributed by atoms with van der Waals surface area (Å²) in [6, 6.07) is 5.51. The van der Waals surface area contributed by atoms with Crippen molar-refractivity contribution in [3.8, 4) is 6.07 Å². The Morgan fingerprint density at radius 1 is 1.04 bits per heavy atom. The molecule has 0 saturated heterocycles. The van der Waals surface area contributed by atoms with E-state index in [1.165, 1.54) is 19.3 Å². The summed E-state index contributed by atoms with van der Waals surface area (Å²) in [5.41, 5.74) is 2.38. The Kier molecular flexibility index (Phi) is 4.20. The van der Waals surface area contributed by atoms with Crippen LogP contribution in [0.25, 0.3) is 0 Å². The summed E-state index contributed by atoms with van der Waals surface area (Å²) in [6.07, 6.45) is 6.85. The molecule has 0 radical (unpaired) electrons. The van der Waals surface area contributed by atoms with E-state index in [0.29, 0.717) is 22.6 Å². The van der Waals surface area contributed by atoms with Gasteiger partial charge in [-0.1, -0.05) is 17.7 Å². The SMILES string of the molecule is Cc1cc(C)c(S(=O)(=O)N[C@H](C#N)C23CC4CC(CC(C4)C2)C3)c(C)c1. The molecule has 4 aliphatic rings. The van der Waals surface area contributed by atoms with Gasteiger partial charge in [-0.3, -0.25) is 0 Å². The van der Waals surface area contributed by atoms with Crippen LogP contribution in [0.3, 0.4) is 0 Å². The number of hydrogen-bond acceptors (Lipinski definition) is 3. The molecule has 0 spiro atoms. The van der Waals surface area contributed by atoms with Gasteiger partial charge in [0.1, 0.15) is 6.04 Å². The third kappa shape index (κ3) is 2.88. The minimum absolute atomic E-state index is 0.164. The lowest BCUT2D eigenvalue weighted by atomic mass is 9.48. The molecule has 0 unspecified atom stereocenters. The lowest BCUT2D eigenvalue weighted by Crippen LogP contribution is -2.56. The van der Waals surface area contributed by atoms with Gasteiger partial charge in [-0.15, -0.1) is 0 Å². The van der Waals surface area contributed by atoms with E-state index in [4.69, 9.17) is 0 Å². The van der Waals surface area contributed by atoms with E-state index >= 15 is 0 Å². The molecule has 1 N–H and O–H groups in total. The summed E-state index contributed by atoms with van der Waals surface area (Å²) in [4.78, 5) is 0.341. The number of benzene rings is 1. The first-order valence-electron chi connectivity index (χ1n) is 9.72. The first-order chi connectivity index (χ1) is 12.2. The Morgan fingerprint density at radius 2 is 1.50 bits per heavy atom. The highest BCUT2D eigenvalue weighted by Crippen LogP contribution is 2.61. The van der Waals surface area contributed by atoms with Crippen molar-refractivity contribution < 1.29 is 8.42 Å². The second-order valence-electron chi connectivity index (χ2n) is 9.19. The Hall–Kier alpha value is -1.38. The van der Waals surface area contributed by atoms with Crippen LogP contribution in [-0.4, -0.2) is 14.5 Å². The standard InChI is InChI=1S/C21H28N2O2S/c1-13-4-14(2)20(15(3)5-13)26(24,25)23-19(12-22)21-9-16-6-17(10-21)8-18(7-16)11-21/h4-5,16-19,23H,6-11H2,1-3H3/t16?,17?,18?,19-,21?/m1/s1. The van der Waals surface area contributed by atoms with Crippen LogP contribution in [-0.2, 0) is 10.0 Å². The summed E-state index contributed by atoms with van der Waals surface area (Å²) >= 11 is 0. The highest BCUT2D eigenvalue weighted by molar-refractivity contribution is 7.89. The Bertz CT molecular complexity index is 823. The molecule has 4 saturated carbocycles. The summed E-state index contributed by atoms with van der Waals surface area (Å²) in [5.74, 6) is 2.05. The molecule has 1 aromatic rings. The summed E-state index contributed by atoms with van der Waals surface area (Å²) in [6.45, 7) is 5.64. The van der Waals surface area contributed by atoms with Crippen LogP contribution in [0.1, 0.15) is 55.2 Å². The van der Waals surface area contributed by atoms with Crippen molar-refractivity contribution in [1.29, 1.82) is 5.26 Å². The quantitative estimate of drug-likeness (QED) is 0.868. The van der Waals surface area contributed by atoms with Crippen LogP contribution in [0.15, 0.2) is 17.0 Å². The van der Waals surface area contributed by atoms with Crippen molar-refractivity contribution in [1.82, 2.24) is 4.72 Å². The molecule has 5 rings (SSSR count). The fraction of sp³-hybridized carbons (Fsp3) is 0.667. The number of rotatable bonds is 4. The Morgan fingerprint density at radius 3 is 1.92 bits per heavy atom. The van der Waals surface area contributed by atoms with Gasteiger partial charge in [0, 0.05) is 5.41 Å². The second-order valence-corrected chi connectivity index (χ2v) is 10.8.